The van der Waals surface area contributed by atoms with Crippen molar-refractivity contribution >= 4 is 28.2 Å². The summed E-state index contributed by atoms with van der Waals surface area (Å²) in [5.74, 6) is 0.660. The molecule has 0 saturated heterocycles. The van der Waals surface area contributed by atoms with E-state index in [0.717, 1.165) is 33.5 Å². The van der Waals surface area contributed by atoms with Crippen LogP contribution in [0.3, 0.4) is 0 Å². The Labute approximate surface area is 157 Å². The molecule has 0 radical (unpaired) electrons. The number of esters is 1. The summed E-state index contributed by atoms with van der Waals surface area (Å²) < 4.78 is 7.01. The Bertz CT molecular complexity index is 1180. The first-order chi connectivity index (χ1) is 13.0. The molecule has 0 N–H and O–H groups in total. The summed E-state index contributed by atoms with van der Waals surface area (Å²) >= 11 is 0. The molecular weight excluding hydrogens is 338 g/mol. The molecule has 27 heavy (non-hydrogen) atoms. The molecule has 0 bridgehead atoms. The molecule has 2 aromatic heterocycles. The summed E-state index contributed by atoms with van der Waals surface area (Å²) in [6, 6.07) is 15.8. The van der Waals surface area contributed by atoms with Gasteiger partial charge in [0.1, 0.15) is 17.2 Å². The van der Waals surface area contributed by atoms with E-state index in [4.69, 9.17) is 9.72 Å². The van der Waals surface area contributed by atoms with E-state index in [0.29, 0.717) is 5.56 Å². The number of fused-ring (bicyclic) bond motifs is 3. The maximum Gasteiger partial charge on any atom is 0.338 e. The summed E-state index contributed by atoms with van der Waals surface area (Å²) in [6.07, 6.45) is 1.97. The summed E-state index contributed by atoms with van der Waals surface area (Å²) in [4.78, 5) is 19.2. The molecule has 4 aromatic rings. The lowest BCUT2D eigenvalue weighted by Crippen LogP contribution is -2.12. The lowest BCUT2D eigenvalue weighted by molar-refractivity contribution is 0.0603. The van der Waals surface area contributed by atoms with Gasteiger partial charge in [0.05, 0.1) is 12.7 Å². The van der Waals surface area contributed by atoms with E-state index >= 15 is 0 Å². The molecule has 0 spiro atoms. The topological polar surface area (TPSA) is 46.8 Å². The third-order valence-corrected chi connectivity index (χ3v) is 4.85. The Kier molecular flexibility index (Phi) is 4.07. The van der Waals surface area contributed by atoms with Crippen molar-refractivity contribution in [3.63, 3.8) is 0 Å². The van der Waals surface area contributed by atoms with Crippen LogP contribution < -0.4 is 4.90 Å². The minimum absolute atomic E-state index is 0.344. The van der Waals surface area contributed by atoms with Crippen molar-refractivity contribution in [3.05, 3.63) is 65.9 Å². The Balaban J connectivity index is 2.10. The van der Waals surface area contributed by atoms with E-state index in [-0.39, 0.29) is 5.97 Å². The fourth-order valence-electron chi connectivity index (χ4n) is 3.58. The van der Waals surface area contributed by atoms with Crippen LogP contribution in [0.4, 0.5) is 5.82 Å². The van der Waals surface area contributed by atoms with E-state index in [9.17, 15) is 4.79 Å². The molecule has 0 amide bonds. The van der Waals surface area contributed by atoms with Crippen LogP contribution in [0.15, 0.2) is 54.7 Å². The SMILES string of the molecule is COC(=O)c1cccc2c1ccn1c(N(C)C)c(-c3ccccc3C)nc21. The van der Waals surface area contributed by atoms with Crippen molar-refractivity contribution in [2.24, 2.45) is 0 Å². The van der Waals surface area contributed by atoms with Gasteiger partial charge >= 0.3 is 5.97 Å². The zero-order chi connectivity index (χ0) is 19.1. The standard InChI is InChI=1S/C22H21N3O2/c1-14-8-5-6-9-15(14)19-21(24(2)3)25-13-12-16-17(20(25)23-19)10-7-11-18(16)22(26)27-4/h5-13H,1-4H3. The second kappa shape index (κ2) is 6.43. The van der Waals surface area contributed by atoms with E-state index < -0.39 is 0 Å². The third kappa shape index (κ3) is 2.63. The largest absolute Gasteiger partial charge is 0.465 e. The summed E-state index contributed by atoms with van der Waals surface area (Å²) in [7, 11) is 5.43. The van der Waals surface area contributed by atoms with E-state index in [2.05, 4.69) is 28.4 Å². The zero-order valence-corrected chi connectivity index (χ0v) is 15.9. The van der Waals surface area contributed by atoms with E-state index in [1.165, 1.54) is 12.7 Å². The number of pyridine rings is 1. The number of hydrogen-bond acceptors (Lipinski definition) is 4. The van der Waals surface area contributed by atoms with Gasteiger partial charge in [-0.2, -0.15) is 0 Å². The number of aromatic nitrogens is 2. The molecule has 0 saturated carbocycles. The first kappa shape index (κ1) is 17.1. The number of nitrogens with zero attached hydrogens (tertiary/aromatic N) is 3. The normalized spacial score (nSPS) is 11.1. The molecule has 136 valence electrons. The Morgan fingerprint density at radius 3 is 2.52 bits per heavy atom. The van der Waals surface area contributed by atoms with Gasteiger partial charge in [0.15, 0.2) is 0 Å². The third-order valence-electron chi connectivity index (χ3n) is 4.85. The second-order valence-corrected chi connectivity index (χ2v) is 6.76. The number of aryl methyl sites for hydroxylation is 1. The van der Waals surface area contributed by atoms with Crippen LogP contribution in [0.1, 0.15) is 15.9 Å². The van der Waals surface area contributed by atoms with Gasteiger partial charge in [-0.25, -0.2) is 9.78 Å². The average Bonchev–Trinajstić information content (AvgIpc) is 3.07. The first-order valence-electron chi connectivity index (χ1n) is 8.78. The molecule has 2 heterocycles. The molecular formula is C22H21N3O2. The Hall–Kier alpha value is -3.34. The van der Waals surface area contributed by atoms with Gasteiger partial charge in [-0.15, -0.1) is 0 Å². The predicted octanol–water partition coefficient (Wildman–Crippen LogP) is 4.32. The van der Waals surface area contributed by atoms with Crippen molar-refractivity contribution < 1.29 is 9.53 Å². The van der Waals surface area contributed by atoms with Crippen LogP contribution >= 0.6 is 0 Å². The lowest BCUT2D eigenvalue weighted by Gasteiger charge is -2.15. The van der Waals surface area contributed by atoms with E-state index in [1.54, 1.807) is 6.07 Å². The number of methoxy groups -OCH3 is 1. The molecule has 5 nitrogen and oxygen atoms in total. The lowest BCUT2D eigenvalue weighted by atomic mass is 10.1. The Morgan fingerprint density at radius 1 is 1.04 bits per heavy atom. The number of ether oxygens (including phenoxy) is 1. The van der Waals surface area contributed by atoms with Gasteiger partial charge in [-0.05, 0) is 24.6 Å². The van der Waals surface area contributed by atoms with Crippen molar-refractivity contribution in [1.82, 2.24) is 9.38 Å². The van der Waals surface area contributed by atoms with Gasteiger partial charge in [0.2, 0.25) is 0 Å². The zero-order valence-electron chi connectivity index (χ0n) is 15.9. The molecule has 2 aromatic carbocycles. The number of hydrogen-bond donors (Lipinski definition) is 0. The minimum atomic E-state index is -0.344. The molecule has 4 rings (SSSR count). The van der Waals surface area contributed by atoms with Crippen LogP contribution in [0.5, 0.6) is 0 Å². The fraction of sp³-hybridized carbons (Fsp3) is 0.182. The number of anilines is 1. The fourth-order valence-corrected chi connectivity index (χ4v) is 3.58. The van der Waals surface area contributed by atoms with Gasteiger partial charge in [0, 0.05) is 36.6 Å². The van der Waals surface area contributed by atoms with Crippen LogP contribution in [0.25, 0.3) is 27.7 Å². The molecule has 0 aliphatic heterocycles. The van der Waals surface area contributed by atoms with Crippen molar-refractivity contribution in [3.8, 4) is 11.3 Å². The highest BCUT2D eigenvalue weighted by Gasteiger charge is 2.20. The highest BCUT2D eigenvalue weighted by Crippen LogP contribution is 2.35. The number of imidazole rings is 1. The Morgan fingerprint density at radius 2 is 1.81 bits per heavy atom. The first-order valence-corrected chi connectivity index (χ1v) is 8.78. The van der Waals surface area contributed by atoms with Gasteiger partial charge in [0.25, 0.3) is 0 Å². The predicted molar refractivity (Wildman–Crippen MR) is 109 cm³/mol. The quantitative estimate of drug-likeness (QED) is 0.511. The number of rotatable bonds is 3. The van der Waals surface area contributed by atoms with Crippen molar-refractivity contribution in [1.29, 1.82) is 0 Å². The number of benzene rings is 2. The molecule has 5 heteroatoms. The molecule has 0 unspecified atom stereocenters. The van der Waals surface area contributed by atoms with Crippen LogP contribution in [-0.4, -0.2) is 36.6 Å². The van der Waals surface area contributed by atoms with Crippen LogP contribution in [0.2, 0.25) is 0 Å². The van der Waals surface area contributed by atoms with Crippen molar-refractivity contribution in [2.45, 2.75) is 6.92 Å². The minimum Gasteiger partial charge on any atom is -0.465 e. The van der Waals surface area contributed by atoms with Crippen LogP contribution in [0, 0.1) is 6.92 Å². The smallest absolute Gasteiger partial charge is 0.338 e. The average molecular weight is 359 g/mol. The summed E-state index contributed by atoms with van der Waals surface area (Å²) in [5.41, 5.74) is 4.56. The van der Waals surface area contributed by atoms with Crippen LogP contribution in [-0.2, 0) is 4.74 Å². The maximum atomic E-state index is 12.2. The summed E-state index contributed by atoms with van der Waals surface area (Å²) in [6.45, 7) is 2.09. The van der Waals surface area contributed by atoms with E-state index in [1.807, 2.05) is 50.6 Å². The number of carbonyl (C=O) groups excluding carboxylic acids is 1. The number of carbonyl (C=O) groups is 1. The van der Waals surface area contributed by atoms with Gasteiger partial charge in [-0.3, -0.25) is 4.40 Å². The van der Waals surface area contributed by atoms with Crippen molar-refractivity contribution in [2.75, 3.05) is 26.1 Å². The highest BCUT2D eigenvalue weighted by atomic mass is 16.5. The molecule has 0 fully saturated rings. The van der Waals surface area contributed by atoms with Gasteiger partial charge in [-0.1, -0.05) is 36.4 Å². The molecule has 0 aliphatic rings. The molecule has 0 atom stereocenters. The summed E-state index contributed by atoms with van der Waals surface area (Å²) in [5, 5.41) is 1.76. The molecule has 0 aliphatic carbocycles. The monoisotopic (exact) mass is 359 g/mol. The van der Waals surface area contributed by atoms with Gasteiger partial charge < -0.3 is 9.64 Å². The highest BCUT2D eigenvalue weighted by molar-refractivity contribution is 6.08. The maximum absolute atomic E-state index is 12.2. The second-order valence-electron chi connectivity index (χ2n) is 6.76.